The minimum atomic E-state index is 0.294. The van der Waals surface area contributed by atoms with Crippen LogP contribution in [0.5, 0.6) is 0 Å². The minimum absolute atomic E-state index is 0.294. The number of rotatable bonds is 1. The smallest absolute Gasteiger partial charge is 0.116 e. The van der Waals surface area contributed by atoms with Crippen LogP contribution in [0.4, 0.5) is 0 Å². The molecule has 0 radical (unpaired) electrons. The predicted octanol–water partition coefficient (Wildman–Crippen LogP) is 1.78. The van der Waals surface area contributed by atoms with Gasteiger partial charge in [0.1, 0.15) is 5.82 Å². The average molecular weight is 229 g/mol. The molecule has 0 amide bonds. The quantitative estimate of drug-likeness (QED) is 0.810. The first-order valence-corrected chi connectivity index (χ1v) is 6.18. The van der Waals surface area contributed by atoms with E-state index in [1.165, 1.54) is 24.4 Å². The molecule has 0 bridgehead atoms. The van der Waals surface area contributed by atoms with Crippen molar-refractivity contribution in [3.8, 4) is 11.3 Å². The first kappa shape index (κ1) is 9.48. The molecule has 0 aromatic carbocycles. The van der Waals surface area contributed by atoms with Crippen LogP contribution in [0.1, 0.15) is 18.7 Å². The van der Waals surface area contributed by atoms with E-state index >= 15 is 0 Å². The van der Waals surface area contributed by atoms with Gasteiger partial charge in [-0.3, -0.25) is 0 Å². The maximum absolute atomic E-state index is 5.16. The van der Waals surface area contributed by atoms with E-state index < -0.39 is 0 Å². The number of nitrogens with zero attached hydrogens (tertiary/aromatic N) is 2. The van der Waals surface area contributed by atoms with Crippen molar-refractivity contribution < 1.29 is 4.42 Å². The molecule has 2 aromatic rings. The third-order valence-electron chi connectivity index (χ3n) is 4.20. The summed E-state index contributed by atoms with van der Waals surface area (Å²) in [4.78, 5) is 4.67. The molecule has 1 spiro atoms. The summed E-state index contributed by atoms with van der Waals surface area (Å²) in [6, 6.07) is 2.00. The lowest BCUT2D eigenvalue weighted by Gasteiger charge is -2.18. The Hall–Kier alpha value is -1.55. The van der Waals surface area contributed by atoms with Crippen LogP contribution in [0.3, 0.4) is 0 Å². The van der Waals surface area contributed by atoms with E-state index in [9.17, 15) is 0 Å². The molecule has 88 valence electrons. The molecule has 2 aliphatic heterocycles. The van der Waals surface area contributed by atoms with Crippen LogP contribution in [0.2, 0.25) is 0 Å². The maximum atomic E-state index is 5.16. The molecule has 0 saturated carbocycles. The average Bonchev–Trinajstić information content (AvgIpc) is 3.09. The van der Waals surface area contributed by atoms with Gasteiger partial charge in [-0.15, -0.1) is 0 Å². The van der Waals surface area contributed by atoms with E-state index in [2.05, 4.69) is 14.9 Å². The molecule has 1 atom stereocenters. The second-order valence-electron chi connectivity index (χ2n) is 5.09. The number of fused-ring (bicyclic) bond motifs is 2. The Kier molecular flexibility index (Phi) is 1.80. The van der Waals surface area contributed by atoms with Gasteiger partial charge in [0.05, 0.1) is 24.4 Å². The van der Waals surface area contributed by atoms with Gasteiger partial charge in [-0.25, -0.2) is 4.98 Å². The minimum Gasteiger partial charge on any atom is -0.472 e. The summed E-state index contributed by atoms with van der Waals surface area (Å²) in [5, 5.41) is 3.47. The molecule has 4 heterocycles. The highest BCUT2D eigenvalue weighted by Crippen LogP contribution is 2.41. The van der Waals surface area contributed by atoms with Crippen molar-refractivity contribution in [3.05, 3.63) is 30.6 Å². The SMILES string of the molecule is c1cc(-c2cnc3n2CC[C@]32CCNC2)co1. The highest BCUT2D eigenvalue weighted by Gasteiger charge is 2.43. The number of nitrogens with one attached hydrogen (secondary N) is 1. The number of hydrogen-bond acceptors (Lipinski definition) is 3. The zero-order chi connectivity index (χ0) is 11.3. The van der Waals surface area contributed by atoms with Crippen molar-refractivity contribution in [2.45, 2.75) is 24.8 Å². The van der Waals surface area contributed by atoms with Crippen LogP contribution < -0.4 is 5.32 Å². The Morgan fingerprint density at radius 2 is 2.41 bits per heavy atom. The maximum Gasteiger partial charge on any atom is 0.116 e. The summed E-state index contributed by atoms with van der Waals surface area (Å²) in [6.07, 6.45) is 7.93. The van der Waals surface area contributed by atoms with Gasteiger partial charge in [0.15, 0.2) is 0 Å². The van der Waals surface area contributed by atoms with Gasteiger partial charge in [-0.05, 0) is 25.5 Å². The Morgan fingerprint density at radius 1 is 1.41 bits per heavy atom. The van der Waals surface area contributed by atoms with Gasteiger partial charge in [0.2, 0.25) is 0 Å². The zero-order valence-electron chi connectivity index (χ0n) is 9.65. The van der Waals surface area contributed by atoms with Crippen LogP contribution in [0, 0.1) is 0 Å². The lowest BCUT2D eigenvalue weighted by Crippen LogP contribution is -2.26. The van der Waals surface area contributed by atoms with Gasteiger partial charge >= 0.3 is 0 Å². The van der Waals surface area contributed by atoms with E-state index in [4.69, 9.17) is 4.42 Å². The van der Waals surface area contributed by atoms with Gasteiger partial charge in [-0.1, -0.05) is 0 Å². The first-order valence-electron chi connectivity index (χ1n) is 6.18. The van der Waals surface area contributed by atoms with Crippen LogP contribution in [-0.4, -0.2) is 22.6 Å². The van der Waals surface area contributed by atoms with Gasteiger partial charge in [0.25, 0.3) is 0 Å². The summed E-state index contributed by atoms with van der Waals surface area (Å²) in [5.41, 5.74) is 2.62. The monoisotopic (exact) mass is 229 g/mol. The Morgan fingerprint density at radius 3 is 3.18 bits per heavy atom. The standard InChI is InChI=1S/C13H15N3O/c1-6-17-8-10(1)11-7-15-12-13(2-4-14-9-13)3-5-16(11)12/h1,6-8,14H,2-5,9H2/t13-/m0/s1. The molecule has 1 fully saturated rings. The molecule has 4 rings (SSSR count). The lowest BCUT2D eigenvalue weighted by molar-refractivity contribution is 0.457. The lowest BCUT2D eigenvalue weighted by atomic mass is 9.85. The van der Waals surface area contributed by atoms with Crippen LogP contribution in [0.25, 0.3) is 11.3 Å². The summed E-state index contributed by atoms with van der Waals surface area (Å²) < 4.78 is 7.52. The van der Waals surface area contributed by atoms with Gasteiger partial charge in [0, 0.05) is 24.1 Å². The molecular formula is C13H15N3O. The van der Waals surface area contributed by atoms with Crippen molar-refractivity contribution in [1.82, 2.24) is 14.9 Å². The number of hydrogen-bond donors (Lipinski definition) is 1. The zero-order valence-corrected chi connectivity index (χ0v) is 9.65. The molecule has 17 heavy (non-hydrogen) atoms. The predicted molar refractivity (Wildman–Crippen MR) is 63.7 cm³/mol. The normalized spacial score (nSPS) is 26.8. The second-order valence-corrected chi connectivity index (χ2v) is 5.09. The number of aromatic nitrogens is 2. The third kappa shape index (κ3) is 1.19. The van der Waals surface area contributed by atoms with Crippen molar-refractivity contribution in [2.24, 2.45) is 0 Å². The fourth-order valence-electron chi connectivity index (χ4n) is 3.25. The van der Waals surface area contributed by atoms with Crippen molar-refractivity contribution >= 4 is 0 Å². The molecule has 2 aliphatic rings. The van der Waals surface area contributed by atoms with E-state index in [1.54, 1.807) is 12.5 Å². The highest BCUT2D eigenvalue weighted by atomic mass is 16.3. The van der Waals surface area contributed by atoms with Crippen molar-refractivity contribution in [2.75, 3.05) is 13.1 Å². The Labute approximate surface area is 99.6 Å². The third-order valence-corrected chi connectivity index (χ3v) is 4.20. The molecule has 0 aliphatic carbocycles. The molecule has 0 unspecified atom stereocenters. The number of furan rings is 1. The fourth-order valence-corrected chi connectivity index (χ4v) is 3.25. The summed E-state index contributed by atoms with van der Waals surface area (Å²) in [6.45, 7) is 3.28. The van der Waals surface area contributed by atoms with E-state index in [1.807, 2.05) is 12.3 Å². The van der Waals surface area contributed by atoms with Crippen LogP contribution in [-0.2, 0) is 12.0 Å². The molecule has 4 heteroatoms. The van der Waals surface area contributed by atoms with Crippen molar-refractivity contribution in [1.29, 1.82) is 0 Å². The van der Waals surface area contributed by atoms with Gasteiger partial charge < -0.3 is 14.3 Å². The molecule has 4 nitrogen and oxygen atoms in total. The largest absolute Gasteiger partial charge is 0.472 e. The number of imidazole rings is 1. The Balaban J connectivity index is 1.83. The second kappa shape index (κ2) is 3.23. The van der Waals surface area contributed by atoms with Crippen molar-refractivity contribution in [3.63, 3.8) is 0 Å². The molecular weight excluding hydrogens is 214 g/mol. The molecule has 2 aromatic heterocycles. The highest BCUT2D eigenvalue weighted by molar-refractivity contribution is 5.58. The molecule has 1 N–H and O–H groups in total. The van der Waals surface area contributed by atoms with Crippen LogP contribution >= 0.6 is 0 Å². The first-order chi connectivity index (χ1) is 8.39. The van der Waals surface area contributed by atoms with Crippen LogP contribution in [0.15, 0.2) is 29.2 Å². The van der Waals surface area contributed by atoms with Gasteiger partial charge in [-0.2, -0.15) is 0 Å². The molecule has 1 saturated heterocycles. The fraction of sp³-hybridized carbons (Fsp3) is 0.462. The topological polar surface area (TPSA) is 43.0 Å². The summed E-state index contributed by atoms with van der Waals surface area (Å²) >= 11 is 0. The summed E-state index contributed by atoms with van der Waals surface area (Å²) in [5.74, 6) is 1.26. The Bertz CT molecular complexity index is 535. The summed E-state index contributed by atoms with van der Waals surface area (Å²) in [7, 11) is 0. The van der Waals surface area contributed by atoms with E-state index in [-0.39, 0.29) is 0 Å². The van der Waals surface area contributed by atoms with E-state index in [0.717, 1.165) is 25.2 Å². The van der Waals surface area contributed by atoms with E-state index in [0.29, 0.717) is 5.41 Å².